The van der Waals surface area contributed by atoms with Gasteiger partial charge in [-0.05, 0) is 64.8 Å². The van der Waals surface area contributed by atoms with E-state index in [0.29, 0.717) is 11.3 Å². The molecule has 21 heavy (non-hydrogen) atoms. The summed E-state index contributed by atoms with van der Waals surface area (Å²) in [6, 6.07) is 0. The van der Waals surface area contributed by atoms with Gasteiger partial charge >= 0.3 is 0 Å². The molecule has 0 fully saturated rings. The molecule has 0 spiro atoms. The molecule has 0 amide bonds. The van der Waals surface area contributed by atoms with Crippen molar-refractivity contribution in [3.63, 3.8) is 0 Å². The minimum atomic E-state index is 0.177. The average Bonchev–Trinajstić information content (AvgIpc) is 2.24. The van der Waals surface area contributed by atoms with Gasteiger partial charge in [-0.25, -0.2) is 0 Å². The molecule has 0 saturated carbocycles. The number of rotatable bonds is 6. The van der Waals surface area contributed by atoms with Crippen molar-refractivity contribution in [1.82, 2.24) is 4.90 Å². The van der Waals surface area contributed by atoms with Gasteiger partial charge in [-0.3, -0.25) is 0 Å². The fourth-order valence-corrected chi connectivity index (χ4v) is 3.09. The van der Waals surface area contributed by atoms with Crippen molar-refractivity contribution < 1.29 is 0 Å². The van der Waals surface area contributed by atoms with Crippen molar-refractivity contribution in [2.75, 3.05) is 13.6 Å². The average molecular weight is 296 g/mol. The third-order valence-electron chi connectivity index (χ3n) is 5.67. The molecule has 1 unspecified atom stereocenters. The SMILES string of the molecule is CC(C)=C(C)C(C)CC(C)(C)C(C)(C)N(C)CC(C)(C)C. The van der Waals surface area contributed by atoms with E-state index in [-0.39, 0.29) is 11.0 Å². The van der Waals surface area contributed by atoms with E-state index in [1.165, 1.54) is 12.0 Å². The molecule has 0 aromatic heterocycles. The quantitative estimate of drug-likeness (QED) is 0.531. The van der Waals surface area contributed by atoms with Gasteiger partial charge in [0.05, 0.1) is 0 Å². The lowest BCUT2D eigenvalue weighted by Crippen LogP contribution is -2.54. The second-order valence-corrected chi connectivity index (χ2v) is 9.65. The lowest BCUT2D eigenvalue weighted by Gasteiger charge is -2.51. The van der Waals surface area contributed by atoms with E-state index in [2.05, 4.69) is 88.1 Å². The van der Waals surface area contributed by atoms with E-state index >= 15 is 0 Å². The maximum atomic E-state index is 2.55. The molecule has 1 nitrogen and oxygen atoms in total. The Morgan fingerprint density at radius 1 is 0.905 bits per heavy atom. The molecule has 0 rings (SSSR count). The largest absolute Gasteiger partial charge is 0.300 e. The first-order chi connectivity index (χ1) is 9.12. The van der Waals surface area contributed by atoms with E-state index in [1.807, 2.05) is 0 Å². The molecule has 0 aromatic carbocycles. The van der Waals surface area contributed by atoms with Gasteiger partial charge in [0.1, 0.15) is 0 Å². The smallest absolute Gasteiger partial charge is 0.0201 e. The molecule has 0 heterocycles. The van der Waals surface area contributed by atoms with Gasteiger partial charge in [0.15, 0.2) is 0 Å². The van der Waals surface area contributed by atoms with Crippen LogP contribution < -0.4 is 0 Å². The van der Waals surface area contributed by atoms with Crippen LogP contribution >= 0.6 is 0 Å². The summed E-state index contributed by atoms with van der Waals surface area (Å²) >= 11 is 0. The highest BCUT2D eigenvalue weighted by atomic mass is 15.2. The Morgan fingerprint density at radius 2 is 1.33 bits per heavy atom. The molecule has 0 radical (unpaired) electrons. The van der Waals surface area contributed by atoms with E-state index in [9.17, 15) is 0 Å². The molecule has 0 bridgehead atoms. The third kappa shape index (κ3) is 5.77. The molecule has 1 heteroatoms. The van der Waals surface area contributed by atoms with Crippen molar-refractivity contribution in [3.8, 4) is 0 Å². The van der Waals surface area contributed by atoms with Crippen LogP contribution in [0.25, 0.3) is 0 Å². The zero-order valence-corrected chi connectivity index (χ0v) is 16.9. The summed E-state index contributed by atoms with van der Waals surface area (Å²) in [4.78, 5) is 2.55. The third-order valence-corrected chi connectivity index (χ3v) is 5.67. The Balaban J connectivity index is 5.16. The van der Waals surface area contributed by atoms with Gasteiger partial charge in [0.2, 0.25) is 0 Å². The number of hydrogen-bond donors (Lipinski definition) is 0. The maximum absolute atomic E-state index is 2.55. The van der Waals surface area contributed by atoms with Crippen molar-refractivity contribution in [3.05, 3.63) is 11.1 Å². The van der Waals surface area contributed by atoms with Crippen LogP contribution in [0, 0.1) is 16.7 Å². The summed E-state index contributed by atoms with van der Waals surface area (Å²) in [5, 5.41) is 0. The zero-order chi connectivity index (χ0) is 17.2. The fraction of sp³-hybridized carbons (Fsp3) is 0.900. The number of allylic oxidation sites excluding steroid dienone is 2. The van der Waals surface area contributed by atoms with Crippen LogP contribution in [0.5, 0.6) is 0 Å². The maximum Gasteiger partial charge on any atom is 0.0201 e. The molecule has 1 atom stereocenters. The first-order valence-corrected chi connectivity index (χ1v) is 8.47. The lowest BCUT2D eigenvalue weighted by atomic mass is 9.67. The molecule has 126 valence electrons. The Morgan fingerprint density at radius 3 is 1.67 bits per heavy atom. The van der Waals surface area contributed by atoms with E-state index in [0.717, 1.165) is 6.54 Å². The van der Waals surface area contributed by atoms with E-state index in [4.69, 9.17) is 0 Å². The highest BCUT2D eigenvalue weighted by molar-refractivity contribution is 5.11. The molecule has 0 saturated heterocycles. The van der Waals surface area contributed by atoms with Gasteiger partial charge in [-0.1, -0.05) is 52.7 Å². The van der Waals surface area contributed by atoms with Crippen LogP contribution in [-0.2, 0) is 0 Å². The molecular weight excluding hydrogens is 254 g/mol. The second kappa shape index (κ2) is 6.86. The van der Waals surface area contributed by atoms with Crippen molar-refractivity contribution in [2.24, 2.45) is 16.7 Å². The molecule has 0 N–H and O–H groups in total. The zero-order valence-electron chi connectivity index (χ0n) is 16.9. The highest BCUT2D eigenvalue weighted by Gasteiger charge is 2.41. The summed E-state index contributed by atoms with van der Waals surface area (Å²) in [7, 11) is 2.28. The molecule has 0 aromatic rings. The van der Waals surface area contributed by atoms with E-state index in [1.54, 1.807) is 5.57 Å². The number of hydrogen-bond acceptors (Lipinski definition) is 1. The number of nitrogens with zero attached hydrogens (tertiary/aromatic N) is 1. The summed E-state index contributed by atoms with van der Waals surface area (Å²) in [5.74, 6) is 0.646. The predicted octanol–water partition coefficient (Wildman–Crippen LogP) is 6.15. The molecule has 0 aliphatic rings. The highest BCUT2D eigenvalue weighted by Crippen LogP contribution is 2.42. The Hall–Kier alpha value is -0.300. The fourth-order valence-electron chi connectivity index (χ4n) is 3.09. The topological polar surface area (TPSA) is 3.24 Å². The molecule has 0 aliphatic heterocycles. The minimum absolute atomic E-state index is 0.177. The minimum Gasteiger partial charge on any atom is -0.300 e. The monoisotopic (exact) mass is 295 g/mol. The van der Waals surface area contributed by atoms with Crippen LogP contribution in [0.15, 0.2) is 11.1 Å². The van der Waals surface area contributed by atoms with Gasteiger partial charge in [0, 0.05) is 12.1 Å². The lowest BCUT2D eigenvalue weighted by molar-refractivity contribution is -0.000503. The molecule has 0 aliphatic carbocycles. The summed E-state index contributed by atoms with van der Waals surface area (Å²) in [5.41, 5.74) is 3.81. The summed E-state index contributed by atoms with van der Waals surface area (Å²) in [6.45, 7) is 26.9. The Kier molecular flexibility index (Phi) is 6.76. The first kappa shape index (κ1) is 20.7. The van der Waals surface area contributed by atoms with Gasteiger partial charge in [-0.2, -0.15) is 0 Å². The first-order valence-electron chi connectivity index (χ1n) is 8.47. The van der Waals surface area contributed by atoms with Crippen molar-refractivity contribution >= 4 is 0 Å². The Bertz CT molecular complexity index is 362. The predicted molar refractivity (Wildman–Crippen MR) is 97.8 cm³/mol. The summed E-state index contributed by atoms with van der Waals surface area (Å²) < 4.78 is 0. The molecular formula is C20H41N. The standard InChI is InChI=1S/C20H41N/c1-15(2)17(4)16(3)13-19(8,9)20(10,11)21(12)14-18(5,6)7/h16H,13-14H2,1-12H3. The van der Waals surface area contributed by atoms with Crippen molar-refractivity contribution in [2.45, 2.75) is 88.1 Å². The van der Waals surface area contributed by atoms with Crippen LogP contribution in [-0.4, -0.2) is 24.0 Å². The second-order valence-electron chi connectivity index (χ2n) is 9.65. The normalized spacial score (nSPS) is 15.3. The van der Waals surface area contributed by atoms with Gasteiger partial charge < -0.3 is 4.90 Å². The van der Waals surface area contributed by atoms with E-state index < -0.39 is 0 Å². The van der Waals surface area contributed by atoms with Crippen molar-refractivity contribution in [1.29, 1.82) is 0 Å². The Labute approximate surface area is 135 Å². The van der Waals surface area contributed by atoms with Gasteiger partial charge in [0.25, 0.3) is 0 Å². The van der Waals surface area contributed by atoms with Crippen LogP contribution in [0.1, 0.15) is 82.6 Å². The van der Waals surface area contributed by atoms with Crippen LogP contribution in [0.4, 0.5) is 0 Å². The summed E-state index contributed by atoms with van der Waals surface area (Å²) in [6.07, 6.45) is 1.23. The van der Waals surface area contributed by atoms with Crippen LogP contribution in [0.3, 0.4) is 0 Å². The van der Waals surface area contributed by atoms with Gasteiger partial charge in [-0.15, -0.1) is 0 Å². The van der Waals surface area contributed by atoms with Crippen LogP contribution in [0.2, 0.25) is 0 Å².